The molecule has 0 amide bonds. The number of hydrogen-bond acceptors (Lipinski definition) is 3. The average Bonchev–Trinajstić information content (AvgIpc) is 2.01. The van der Waals surface area contributed by atoms with E-state index in [0.29, 0.717) is 0 Å². The monoisotopic (exact) mass is 194 g/mol. The first-order valence-electron chi connectivity index (χ1n) is 4.32. The minimum absolute atomic E-state index is 0.0537. The average molecular weight is 194 g/mol. The molecule has 0 aromatic carbocycles. The number of carbonyl (C=O) groups is 1. The molecule has 76 valence electrons. The molecule has 14 heavy (non-hydrogen) atoms. The predicted molar refractivity (Wildman–Crippen MR) is 54.3 cm³/mol. The fraction of sp³-hybridized carbons (Fsp3) is 0.400. The number of nitrogens with two attached hydrogens (primary N) is 1. The lowest BCUT2D eigenvalue weighted by Gasteiger charge is -2.18. The van der Waals surface area contributed by atoms with Crippen molar-refractivity contribution in [3.63, 3.8) is 0 Å². The number of rotatable bonds is 1. The minimum atomic E-state index is -1.05. The Kier molecular flexibility index (Phi) is 2.47. The van der Waals surface area contributed by atoms with E-state index in [1.807, 2.05) is 20.8 Å². The molecular weight excluding hydrogens is 180 g/mol. The van der Waals surface area contributed by atoms with Gasteiger partial charge in [-0.25, -0.2) is 9.78 Å². The Bertz CT molecular complexity index is 367. The molecule has 0 bridgehead atoms. The van der Waals surface area contributed by atoms with E-state index in [2.05, 4.69) is 4.98 Å². The molecule has 0 unspecified atom stereocenters. The van der Waals surface area contributed by atoms with Crippen LogP contribution < -0.4 is 5.73 Å². The third-order valence-corrected chi connectivity index (χ3v) is 1.92. The largest absolute Gasteiger partial charge is 0.478 e. The molecule has 0 aliphatic heterocycles. The fourth-order valence-corrected chi connectivity index (χ4v) is 1.07. The van der Waals surface area contributed by atoms with E-state index in [-0.39, 0.29) is 16.8 Å². The van der Waals surface area contributed by atoms with Crippen LogP contribution in [0.4, 0.5) is 5.82 Å². The maximum atomic E-state index is 10.7. The molecular formula is C10H14N2O2. The number of aromatic carboxylic acids is 1. The van der Waals surface area contributed by atoms with Gasteiger partial charge in [-0.1, -0.05) is 20.8 Å². The van der Waals surface area contributed by atoms with Crippen LogP contribution in [0.25, 0.3) is 0 Å². The number of pyridine rings is 1. The molecule has 1 aromatic heterocycles. The van der Waals surface area contributed by atoms with Crippen molar-refractivity contribution in [2.24, 2.45) is 0 Å². The van der Waals surface area contributed by atoms with Gasteiger partial charge in [0.05, 0.1) is 0 Å². The quantitative estimate of drug-likeness (QED) is 0.712. The zero-order valence-electron chi connectivity index (χ0n) is 8.53. The van der Waals surface area contributed by atoms with E-state index >= 15 is 0 Å². The van der Waals surface area contributed by atoms with Gasteiger partial charge >= 0.3 is 5.97 Å². The van der Waals surface area contributed by atoms with E-state index in [9.17, 15) is 4.79 Å². The van der Waals surface area contributed by atoms with Gasteiger partial charge < -0.3 is 10.8 Å². The summed E-state index contributed by atoms with van der Waals surface area (Å²) in [6.45, 7) is 5.99. The number of hydrogen-bond donors (Lipinski definition) is 2. The number of carboxylic acid groups (broad SMARTS) is 1. The zero-order valence-corrected chi connectivity index (χ0v) is 8.53. The minimum Gasteiger partial charge on any atom is -0.478 e. The van der Waals surface area contributed by atoms with Crippen LogP contribution in [-0.2, 0) is 5.41 Å². The number of nitrogens with zero attached hydrogens (tertiary/aromatic N) is 1. The highest BCUT2D eigenvalue weighted by atomic mass is 16.4. The SMILES string of the molecule is CC(C)(C)c1ccc(C(=O)O)c(N)n1. The maximum absolute atomic E-state index is 10.7. The molecule has 1 aromatic rings. The van der Waals surface area contributed by atoms with Gasteiger partial charge in [0.15, 0.2) is 0 Å². The summed E-state index contributed by atoms with van der Waals surface area (Å²) in [7, 11) is 0. The summed E-state index contributed by atoms with van der Waals surface area (Å²) in [6, 6.07) is 3.19. The molecule has 1 heterocycles. The van der Waals surface area contributed by atoms with Crippen LogP contribution in [0.15, 0.2) is 12.1 Å². The van der Waals surface area contributed by atoms with Gasteiger partial charge in [0.25, 0.3) is 0 Å². The van der Waals surface area contributed by atoms with Crippen molar-refractivity contribution in [3.8, 4) is 0 Å². The predicted octanol–water partition coefficient (Wildman–Crippen LogP) is 1.66. The van der Waals surface area contributed by atoms with E-state index in [0.717, 1.165) is 5.69 Å². The number of nitrogen functional groups attached to an aromatic ring is 1. The highest BCUT2D eigenvalue weighted by Crippen LogP contribution is 2.22. The molecule has 0 aliphatic carbocycles. The first-order valence-corrected chi connectivity index (χ1v) is 4.32. The lowest BCUT2D eigenvalue weighted by atomic mass is 9.91. The topological polar surface area (TPSA) is 76.2 Å². The van der Waals surface area contributed by atoms with E-state index < -0.39 is 5.97 Å². The van der Waals surface area contributed by atoms with Crippen molar-refractivity contribution >= 4 is 11.8 Å². The van der Waals surface area contributed by atoms with Crippen molar-refractivity contribution < 1.29 is 9.90 Å². The highest BCUT2D eigenvalue weighted by molar-refractivity contribution is 5.92. The van der Waals surface area contributed by atoms with E-state index in [4.69, 9.17) is 10.8 Å². The summed E-state index contributed by atoms with van der Waals surface area (Å²) in [6.07, 6.45) is 0. The Balaban J connectivity index is 3.20. The standard InChI is InChI=1S/C10H14N2O2/c1-10(2,3)7-5-4-6(9(13)14)8(11)12-7/h4-5H,1-3H3,(H2,11,12)(H,13,14). The van der Waals surface area contributed by atoms with E-state index in [1.165, 1.54) is 6.07 Å². The first kappa shape index (κ1) is 10.5. The van der Waals surface area contributed by atoms with Crippen molar-refractivity contribution in [2.75, 3.05) is 5.73 Å². The second kappa shape index (κ2) is 3.29. The second-order valence-electron chi connectivity index (χ2n) is 4.18. The summed E-state index contributed by atoms with van der Waals surface area (Å²) in [5.74, 6) is -0.972. The van der Waals surface area contributed by atoms with Crippen LogP contribution in [0.1, 0.15) is 36.8 Å². The Morgan fingerprint density at radius 3 is 2.36 bits per heavy atom. The smallest absolute Gasteiger partial charge is 0.339 e. The number of carboxylic acids is 1. The van der Waals surface area contributed by atoms with Crippen LogP contribution in [0.5, 0.6) is 0 Å². The Morgan fingerprint density at radius 2 is 2.00 bits per heavy atom. The van der Waals surface area contributed by atoms with Crippen molar-refractivity contribution in [2.45, 2.75) is 26.2 Å². The molecule has 0 fully saturated rings. The molecule has 0 aliphatic rings. The summed E-state index contributed by atoms with van der Waals surface area (Å²) in [5, 5.41) is 8.74. The Morgan fingerprint density at radius 1 is 1.43 bits per heavy atom. The lowest BCUT2D eigenvalue weighted by molar-refractivity contribution is 0.0697. The molecule has 0 saturated heterocycles. The van der Waals surface area contributed by atoms with Gasteiger partial charge in [0.2, 0.25) is 0 Å². The van der Waals surface area contributed by atoms with Gasteiger partial charge in [-0.3, -0.25) is 0 Å². The number of aromatic nitrogens is 1. The van der Waals surface area contributed by atoms with Crippen LogP contribution in [-0.4, -0.2) is 16.1 Å². The summed E-state index contributed by atoms with van der Waals surface area (Å²) in [5.41, 5.74) is 6.25. The van der Waals surface area contributed by atoms with Crippen molar-refractivity contribution in [3.05, 3.63) is 23.4 Å². The summed E-state index contributed by atoms with van der Waals surface area (Å²) >= 11 is 0. The summed E-state index contributed by atoms with van der Waals surface area (Å²) < 4.78 is 0. The highest BCUT2D eigenvalue weighted by Gasteiger charge is 2.18. The molecule has 4 heteroatoms. The van der Waals surface area contributed by atoms with Gasteiger partial charge in [0, 0.05) is 11.1 Å². The normalized spacial score (nSPS) is 11.4. The van der Waals surface area contributed by atoms with Gasteiger partial charge in [-0.15, -0.1) is 0 Å². The van der Waals surface area contributed by atoms with E-state index in [1.54, 1.807) is 6.07 Å². The molecule has 0 radical (unpaired) electrons. The molecule has 3 N–H and O–H groups in total. The zero-order chi connectivity index (χ0) is 10.9. The van der Waals surface area contributed by atoms with Gasteiger partial charge in [0.1, 0.15) is 11.4 Å². The third kappa shape index (κ3) is 2.02. The molecule has 1 rings (SSSR count). The lowest BCUT2D eigenvalue weighted by Crippen LogP contribution is -2.16. The fourth-order valence-electron chi connectivity index (χ4n) is 1.07. The van der Waals surface area contributed by atoms with Crippen LogP contribution in [0.3, 0.4) is 0 Å². The first-order chi connectivity index (χ1) is 6.32. The Labute approximate surface area is 82.8 Å². The molecule has 0 spiro atoms. The van der Waals surface area contributed by atoms with Crippen molar-refractivity contribution in [1.29, 1.82) is 0 Å². The Hall–Kier alpha value is -1.58. The molecule has 0 atom stereocenters. The van der Waals surface area contributed by atoms with Gasteiger partial charge in [-0.2, -0.15) is 0 Å². The van der Waals surface area contributed by atoms with Gasteiger partial charge in [-0.05, 0) is 12.1 Å². The second-order valence-corrected chi connectivity index (χ2v) is 4.18. The van der Waals surface area contributed by atoms with Crippen LogP contribution in [0.2, 0.25) is 0 Å². The van der Waals surface area contributed by atoms with Crippen LogP contribution >= 0.6 is 0 Å². The van der Waals surface area contributed by atoms with Crippen molar-refractivity contribution in [1.82, 2.24) is 4.98 Å². The third-order valence-electron chi connectivity index (χ3n) is 1.92. The molecule has 0 saturated carbocycles. The summed E-state index contributed by atoms with van der Waals surface area (Å²) in [4.78, 5) is 14.7. The number of anilines is 1. The molecule has 4 nitrogen and oxygen atoms in total. The van der Waals surface area contributed by atoms with Crippen LogP contribution in [0, 0.1) is 0 Å². The maximum Gasteiger partial charge on any atom is 0.339 e.